The van der Waals surface area contributed by atoms with E-state index in [2.05, 4.69) is 19.9 Å². The highest BCUT2D eigenvalue weighted by molar-refractivity contribution is 7.48. The molecule has 0 amide bonds. The van der Waals surface area contributed by atoms with Crippen LogP contribution in [-0.2, 0) is 70.1 Å². The molecule has 3 unspecified atom stereocenters. The Bertz CT molecular complexity index is 4610. The first kappa shape index (κ1) is 72.3. The lowest BCUT2D eigenvalue weighted by Crippen LogP contribution is -2.38. The van der Waals surface area contributed by atoms with Gasteiger partial charge in [-0.2, -0.15) is 4.98 Å². The van der Waals surface area contributed by atoms with E-state index >= 15 is 0 Å². The molecule has 15 atom stereocenters. The summed E-state index contributed by atoms with van der Waals surface area (Å²) in [5.74, 6) is 0.968. The highest BCUT2D eigenvalue weighted by Crippen LogP contribution is 2.54. The fourth-order valence-corrected chi connectivity index (χ4v) is 14.7. The summed E-state index contributed by atoms with van der Waals surface area (Å²) in [6.07, 6.45) is -14.2. The Morgan fingerprint density at radius 2 is 0.859 bits per heavy atom. The van der Waals surface area contributed by atoms with Gasteiger partial charge in [-0.25, -0.2) is 32.9 Å². The maximum atomic E-state index is 14.5. The van der Waals surface area contributed by atoms with E-state index in [1.165, 1.54) is 53.5 Å². The summed E-state index contributed by atoms with van der Waals surface area (Å²) in [6, 6.07) is 24.6. The second-order valence-electron chi connectivity index (χ2n) is 23.5. The molecule has 4 fully saturated rings. The highest BCUT2D eigenvalue weighted by Gasteiger charge is 2.50. The number of aromatic amines is 3. The zero-order valence-electron chi connectivity index (χ0n) is 53.3. The number of nitrogens with zero attached hydrogens (tertiary/aromatic N) is 5. The first-order chi connectivity index (χ1) is 47.0. The number of anilines is 1. The Labute approximate surface area is 559 Å². The van der Waals surface area contributed by atoms with Gasteiger partial charge in [-0.05, 0) is 67.8 Å². The van der Waals surface area contributed by atoms with E-state index in [-0.39, 0.29) is 35.3 Å². The lowest BCUT2D eigenvalue weighted by atomic mass is 9.80. The Hall–Kier alpha value is -7.93. The van der Waals surface area contributed by atoms with Crippen molar-refractivity contribution in [3.05, 3.63) is 216 Å². The molecule has 99 heavy (non-hydrogen) atoms. The zero-order valence-corrected chi connectivity index (χ0v) is 56.0. The van der Waals surface area contributed by atoms with Gasteiger partial charge < -0.3 is 58.7 Å². The monoisotopic (exact) mass is 1440 g/mol. The summed E-state index contributed by atoms with van der Waals surface area (Å²) in [7, 11) is -13.2. The predicted molar refractivity (Wildman–Crippen MR) is 341 cm³/mol. The maximum absolute atomic E-state index is 14.5. The molecule has 11 rings (SSSR count). The number of methoxy groups -OCH3 is 2. The van der Waals surface area contributed by atoms with E-state index in [1.54, 1.807) is 48.5 Å². The molecule has 532 valence electrons. The lowest BCUT2D eigenvalue weighted by molar-refractivity contribution is -0.0952. The molecule has 3 aromatic carbocycles. The van der Waals surface area contributed by atoms with Gasteiger partial charge in [0.2, 0.25) is 0 Å². The number of phosphoric acid groups is 3. The number of phosphoric ester groups is 3. The minimum Gasteiger partial charge on any atom is -0.497 e. The predicted octanol–water partition coefficient (Wildman–Crippen LogP) is 2.44. The SMILES string of the molecule is COc1ccc(C(OC[C@H]2O[C@@H](n3ccc(N)nc3=O)C[C@@H]2OP(=O)(O)OC[C@H]2O[C@@H](n3cc(C)c(=O)[nH]c3=O)C[C@@H]2OP(=O)(O)OC[C@H]2O[C@@H](n3cc(C)c(=O)[nH]c3=O)C[C@@H]2OP(=O)(O)OC[C@H]2O[C@@H](n3cc(C)c(=O)[nH]c3=O)C[C@@H]2O)(c2ccccc2)c2ccc(OC)cc2)cc1. The van der Waals surface area contributed by atoms with Crippen LogP contribution in [0.15, 0.2) is 143 Å². The molecule has 0 radical (unpaired) electrons. The van der Waals surface area contributed by atoms with Crippen LogP contribution in [0.4, 0.5) is 5.82 Å². The number of aliphatic hydroxyl groups is 1. The van der Waals surface area contributed by atoms with Gasteiger partial charge in [0.15, 0.2) is 0 Å². The third-order valence-corrected chi connectivity index (χ3v) is 20.0. The number of nitrogen functional groups attached to an aromatic ring is 1. The van der Waals surface area contributed by atoms with E-state index in [4.69, 9.17) is 66.0 Å². The number of hydrogen-bond acceptors (Lipinski definition) is 26. The summed E-state index contributed by atoms with van der Waals surface area (Å²) in [4.78, 5) is 134. The molecule has 0 bridgehead atoms. The summed E-state index contributed by atoms with van der Waals surface area (Å²) in [6.45, 7) is 0.891. The molecule has 36 nitrogen and oxygen atoms in total. The second-order valence-corrected chi connectivity index (χ2v) is 27.8. The van der Waals surface area contributed by atoms with Gasteiger partial charge in [0.25, 0.3) is 16.7 Å². The Kier molecular flexibility index (Phi) is 21.7. The number of nitrogens with two attached hydrogens (primary N) is 1. The summed E-state index contributed by atoms with van der Waals surface area (Å²) < 4.78 is 122. The average Bonchev–Trinajstić information content (AvgIpc) is 1.38. The molecular weight excluding hydrogens is 1370 g/mol. The standard InChI is InChI=1S/C60H70N9O27P3/c1-32-25-67(57(75)63-53(32)71)49-21-40(70)44(90-49)29-87-97(78,79)95-42-23-51(68-26-33(2)54(72)64-58(68)76)92-46(42)31-89-99(82,83)96-43-24-52(69-27-34(3)55(73)65-59(69)77)93-47(43)30-88-98(80,81)94-41-22-50(66-20-19-48(61)62-56(66)74)91-45(41)28-86-60(35-9-7-6-8-10-35,36-11-15-38(84-4)16-12-36)37-13-17-39(85-5)18-14-37/h6-20,25-27,40-47,49-52,70H,21-24,28-31H2,1-5H3,(H,78,79)(H,80,81)(H,82,83)(H2,61,62,74)(H,63,71,75)(H,64,72,76)(H,65,73,77)/t40-,41-,42-,43-,44+,45+,46+,47+,49+,50+,51+,52+/m0/s1. The van der Waals surface area contributed by atoms with Gasteiger partial charge in [-0.3, -0.25) is 74.7 Å². The van der Waals surface area contributed by atoms with Crippen molar-refractivity contribution in [3.63, 3.8) is 0 Å². The van der Waals surface area contributed by atoms with Crippen LogP contribution in [0.25, 0.3) is 0 Å². The molecule has 7 aromatic rings. The van der Waals surface area contributed by atoms with Crippen LogP contribution in [0.3, 0.4) is 0 Å². The third kappa shape index (κ3) is 16.5. The van der Waals surface area contributed by atoms with Crippen LogP contribution in [0.5, 0.6) is 11.5 Å². The topological polar surface area (TPSA) is 478 Å². The van der Waals surface area contributed by atoms with Crippen LogP contribution >= 0.6 is 23.5 Å². The van der Waals surface area contributed by atoms with Crippen molar-refractivity contribution < 1.29 is 93.8 Å². The summed E-state index contributed by atoms with van der Waals surface area (Å²) in [5.41, 5.74) is 0.568. The minimum atomic E-state index is -5.51. The largest absolute Gasteiger partial charge is 0.497 e. The number of rotatable bonds is 27. The van der Waals surface area contributed by atoms with E-state index < -0.39 is 182 Å². The van der Waals surface area contributed by atoms with Crippen LogP contribution in [0, 0.1) is 20.8 Å². The molecular formula is C60H70N9O27P3. The quantitative estimate of drug-likeness (QED) is 0.0271. The molecule has 0 saturated carbocycles. The second kappa shape index (κ2) is 29.7. The van der Waals surface area contributed by atoms with Gasteiger partial charge >= 0.3 is 46.2 Å². The Morgan fingerprint density at radius 1 is 0.505 bits per heavy atom. The first-order valence-electron chi connectivity index (χ1n) is 30.6. The van der Waals surface area contributed by atoms with Crippen molar-refractivity contribution >= 4 is 29.3 Å². The van der Waals surface area contributed by atoms with Crippen molar-refractivity contribution in [3.8, 4) is 11.5 Å². The van der Waals surface area contributed by atoms with Gasteiger partial charge in [0, 0.05) is 67.2 Å². The van der Waals surface area contributed by atoms with Gasteiger partial charge in [0.05, 0.1) is 46.8 Å². The number of benzene rings is 3. The van der Waals surface area contributed by atoms with Crippen LogP contribution < -0.4 is 54.6 Å². The number of aryl methyl sites for hydroxylation is 3. The molecule has 4 saturated heterocycles. The van der Waals surface area contributed by atoms with Gasteiger partial charge in [-0.15, -0.1) is 0 Å². The molecule has 39 heteroatoms. The van der Waals surface area contributed by atoms with E-state index in [1.807, 2.05) is 30.3 Å². The van der Waals surface area contributed by atoms with Gasteiger partial charge in [-0.1, -0.05) is 54.6 Å². The lowest BCUT2D eigenvalue weighted by Gasteiger charge is -2.37. The Balaban J connectivity index is 0.826. The van der Waals surface area contributed by atoms with Gasteiger partial charge in [0.1, 0.15) is 90.6 Å². The van der Waals surface area contributed by atoms with Crippen molar-refractivity contribution in [2.45, 2.75) is 126 Å². The van der Waals surface area contributed by atoms with Crippen molar-refractivity contribution in [2.24, 2.45) is 0 Å². The van der Waals surface area contributed by atoms with Crippen LogP contribution in [0.2, 0.25) is 0 Å². The fraction of sp³-hybridized carbons (Fsp3) is 0.433. The first-order valence-corrected chi connectivity index (χ1v) is 35.1. The third-order valence-electron chi connectivity index (χ3n) is 16.9. The van der Waals surface area contributed by atoms with E-state index in [0.717, 1.165) is 30.7 Å². The van der Waals surface area contributed by atoms with E-state index in [0.29, 0.717) is 28.2 Å². The molecule has 0 spiro atoms. The Morgan fingerprint density at radius 3 is 1.25 bits per heavy atom. The van der Waals surface area contributed by atoms with Crippen LogP contribution in [-0.4, -0.2) is 147 Å². The van der Waals surface area contributed by atoms with Crippen molar-refractivity contribution in [1.82, 2.24) is 38.2 Å². The molecule has 9 N–H and O–H groups in total. The van der Waals surface area contributed by atoms with Crippen molar-refractivity contribution in [1.29, 1.82) is 0 Å². The molecule has 0 aliphatic carbocycles. The summed E-state index contributed by atoms with van der Waals surface area (Å²) in [5, 5.41) is 10.8. The molecule has 4 aliphatic rings. The normalized spacial score (nSPS) is 25.8. The number of hydrogen-bond donors (Lipinski definition) is 8. The van der Waals surface area contributed by atoms with Crippen LogP contribution in [0.1, 0.15) is 84.0 Å². The smallest absolute Gasteiger partial charge is 0.472 e. The number of aromatic nitrogens is 8. The summed E-state index contributed by atoms with van der Waals surface area (Å²) >= 11 is 0. The van der Waals surface area contributed by atoms with E-state index in [9.17, 15) is 67.0 Å². The fourth-order valence-electron chi connectivity index (χ4n) is 11.9. The molecule has 8 heterocycles. The zero-order chi connectivity index (χ0) is 70.9. The number of H-pyrrole nitrogens is 3. The average molecular weight is 1440 g/mol. The number of nitrogens with one attached hydrogen (secondary N) is 3. The minimum absolute atomic E-state index is 0.0268. The molecule has 4 aliphatic heterocycles. The highest BCUT2D eigenvalue weighted by atomic mass is 31.2. The maximum Gasteiger partial charge on any atom is 0.472 e. The number of aliphatic hydroxyl groups excluding tert-OH is 1. The number of ether oxygens (including phenoxy) is 7. The molecule has 4 aromatic heterocycles. The van der Waals surface area contributed by atoms with Crippen molar-refractivity contribution in [2.75, 3.05) is 46.4 Å².